The molecule has 1 saturated heterocycles. The molecule has 1 fully saturated rings. The number of benzene rings is 1. The fraction of sp³-hybridized carbons (Fsp3) is 0.556. The normalized spacial score (nSPS) is 30.0. The summed E-state index contributed by atoms with van der Waals surface area (Å²) >= 11 is 0. The molecule has 2 heteroatoms. The third-order valence-corrected chi connectivity index (χ3v) is 4.47. The Morgan fingerprint density at radius 2 is 1.80 bits per heavy atom. The molecule has 1 aromatic rings. The monoisotopic (exact) mass is 274 g/mol. The molecule has 2 rings (SSSR count). The number of hydrogen-bond donors (Lipinski definition) is 1. The van der Waals surface area contributed by atoms with Crippen LogP contribution in [0.1, 0.15) is 40.2 Å². The number of hydrogen-bond acceptors (Lipinski definition) is 2. The Morgan fingerprint density at radius 1 is 1.20 bits per heavy atom. The third kappa shape index (κ3) is 2.43. The summed E-state index contributed by atoms with van der Waals surface area (Å²) in [7, 11) is 0. The highest BCUT2D eigenvalue weighted by molar-refractivity contribution is 5.50. The van der Waals surface area contributed by atoms with Crippen molar-refractivity contribution in [2.24, 2.45) is 10.8 Å². The van der Waals surface area contributed by atoms with Crippen molar-refractivity contribution in [3.05, 3.63) is 42.0 Å². The van der Waals surface area contributed by atoms with Gasteiger partial charge >= 0.3 is 0 Å². The summed E-state index contributed by atoms with van der Waals surface area (Å²) in [6.07, 6.45) is 3.75. The standard InChI is InChI=1S/C18H26O2/c1-16(2,3)18(19)15(20-13-17(18,4)5)12-11-14-9-7-6-8-10-14/h6-12,15,19H,13H2,1-5H3/b12-11+/t15-,18+/m1/s1. The predicted octanol–water partition coefficient (Wildman–Crippen LogP) is 3.90. The molecule has 110 valence electrons. The molecule has 0 aliphatic carbocycles. The average molecular weight is 274 g/mol. The Kier molecular flexibility index (Phi) is 3.83. The van der Waals surface area contributed by atoms with E-state index in [2.05, 4.69) is 34.6 Å². The molecule has 0 aromatic heterocycles. The Morgan fingerprint density at radius 3 is 2.35 bits per heavy atom. The molecule has 2 atom stereocenters. The summed E-state index contributed by atoms with van der Waals surface area (Å²) in [4.78, 5) is 0. The lowest BCUT2D eigenvalue weighted by Gasteiger charge is -2.47. The Balaban J connectivity index is 2.30. The van der Waals surface area contributed by atoms with Crippen LogP contribution in [0.3, 0.4) is 0 Å². The van der Waals surface area contributed by atoms with E-state index in [1.165, 1.54) is 0 Å². The van der Waals surface area contributed by atoms with E-state index in [1.54, 1.807) is 0 Å². The van der Waals surface area contributed by atoms with Crippen molar-refractivity contribution in [2.45, 2.75) is 46.3 Å². The van der Waals surface area contributed by atoms with Gasteiger partial charge < -0.3 is 9.84 Å². The molecule has 0 radical (unpaired) electrons. The second-order valence-electron chi connectivity index (χ2n) is 7.40. The van der Waals surface area contributed by atoms with Crippen molar-refractivity contribution < 1.29 is 9.84 Å². The zero-order valence-corrected chi connectivity index (χ0v) is 13.2. The molecule has 0 spiro atoms. The fourth-order valence-corrected chi connectivity index (χ4v) is 3.31. The smallest absolute Gasteiger partial charge is 0.106 e. The minimum absolute atomic E-state index is 0.251. The maximum atomic E-state index is 11.3. The zero-order chi connectivity index (χ0) is 15.0. The fourth-order valence-electron chi connectivity index (χ4n) is 3.31. The molecule has 20 heavy (non-hydrogen) atoms. The van der Waals surface area contributed by atoms with Gasteiger partial charge in [0.2, 0.25) is 0 Å². The third-order valence-electron chi connectivity index (χ3n) is 4.47. The van der Waals surface area contributed by atoms with Crippen LogP contribution in [0.5, 0.6) is 0 Å². The molecule has 0 bridgehead atoms. The van der Waals surface area contributed by atoms with E-state index in [9.17, 15) is 5.11 Å². The van der Waals surface area contributed by atoms with Crippen LogP contribution in [-0.4, -0.2) is 23.4 Å². The second kappa shape index (κ2) is 5.01. The van der Waals surface area contributed by atoms with Crippen LogP contribution in [0.2, 0.25) is 0 Å². The van der Waals surface area contributed by atoms with E-state index in [-0.39, 0.29) is 16.9 Å². The van der Waals surface area contributed by atoms with Crippen molar-refractivity contribution in [3.63, 3.8) is 0 Å². The van der Waals surface area contributed by atoms with E-state index in [0.29, 0.717) is 6.61 Å². The van der Waals surface area contributed by atoms with Gasteiger partial charge in [-0.3, -0.25) is 0 Å². The van der Waals surface area contributed by atoms with E-state index in [4.69, 9.17) is 4.74 Å². The van der Waals surface area contributed by atoms with Crippen molar-refractivity contribution in [2.75, 3.05) is 6.61 Å². The molecule has 0 amide bonds. The summed E-state index contributed by atoms with van der Waals surface area (Å²) in [5.74, 6) is 0. The molecular weight excluding hydrogens is 248 g/mol. The summed E-state index contributed by atoms with van der Waals surface area (Å²) in [6, 6.07) is 10.1. The van der Waals surface area contributed by atoms with Crippen LogP contribution in [0.25, 0.3) is 6.08 Å². The Labute approximate surface area is 122 Å². The Bertz CT molecular complexity index is 482. The number of rotatable bonds is 2. The van der Waals surface area contributed by atoms with Gasteiger partial charge in [-0.15, -0.1) is 0 Å². The van der Waals surface area contributed by atoms with Crippen LogP contribution < -0.4 is 0 Å². The molecule has 0 saturated carbocycles. The summed E-state index contributed by atoms with van der Waals surface area (Å²) in [5.41, 5.74) is -0.280. The minimum Gasteiger partial charge on any atom is -0.386 e. The highest BCUT2D eigenvalue weighted by Crippen LogP contribution is 2.52. The first kappa shape index (κ1) is 15.3. The van der Waals surface area contributed by atoms with Gasteiger partial charge in [0.05, 0.1) is 6.61 Å². The summed E-state index contributed by atoms with van der Waals surface area (Å²) < 4.78 is 5.90. The summed E-state index contributed by atoms with van der Waals surface area (Å²) in [6.45, 7) is 11.0. The maximum Gasteiger partial charge on any atom is 0.106 e. The van der Waals surface area contributed by atoms with Gasteiger partial charge in [0.15, 0.2) is 0 Å². The summed E-state index contributed by atoms with van der Waals surface area (Å²) in [5, 5.41) is 11.3. The maximum absolute atomic E-state index is 11.3. The molecule has 1 aliphatic rings. The molecular formula is C18H26O2. The lowest BCUT2D eigenvalue weighted by Crippen LogP contribution is -2.57. The van der Waals surface area contributed by atoms with Gasteiger partial charge in [-0.05, 0) is 11.0 Å². The first-order chi connectivity index (χ1) is 9.18. The highest BCUT2D eigenvalue weighted by atomic mass is 16.5. The van der Waals surface area contributed by atoms with Gasteiger partial charge in [0.25, 0.3) is 0 Å². The molecule has 1 aliphatic heterocycles. The van der Waals surface area contributed by atoms with Crippen molar-refractivity contribution >= 4 is 6.08 Å². The van der Waals surface area contributed by atoms with Crippen molar-refractivity contribution in [1.29, 1.82) is 0 Å². The second-order valence-corrected chi connectivity index (χ2v) is 7.40. The molecule has 1 N–H and O–H groups in total. The first-order valence-corrected chi connectivity index (χ1v) is 7.26. The lowest BCUT2D eigenvalue weighted by atomic mass is 9.61. The van der Waals surface area contributed by atoms with E-state index in [1.807, 2.05) is 42.5 Å². The molecule has 1 aromatic carbocycles. The van der Waals surface area contributed by atoms with Crippen LogP contribution in [0.4, 0.5) is 0 Å². The average Bonchev–Trinajstić information content (AvgIpc) is 2.60. The predicted molar refractivity (Wildman–Crippen MR) is 83.4 cm³/mol. The van der Waals surface area contributed by atoms with Gasteiger partial charge in [-0.1, -0.05) is 77.1 Å². The molecule has 2 nitrogen and oxygen atoms in total. The van der Waals surface area contributed by atoms with Crippen LogP contribution in [0, 0.1) is 10.8 Å². The Hall–Kier alpha value is -1.12. The molecule has 1 heterocycles. The van der Waals surface area contributed by atoms with Crippen LogP contribution in [-0.2, 0) is 4.74 Å². The van der Waals surface area contributed by atoms with Gasteiger partial charge in [0.1, 0.15) is 11.7 Å². The van der Waals surface area contributed by atoms with Crippen LogP contribution >= 0.6 is 0 Å². The lowest BCUT2D eigenvalue weighted by molar-refractivity contribution is -0.135. The molecule has 0 unspecified atom stereocenters. The topological polar surface area (TPSA) is 29.5 Å². The highest BCUT2D eigenvalue weighted by Gasteiger charge is 2.60. The van der Waals surface area contributed by atoms with Crippen molar-refractivity contribution in [3.8, 4) is 0 Å². The minimum atomic E-state index is -0.884. The van der Waals surface area contributed by atoms with E-state index < -0.39 is 5.60 Å². The van der Waals surface area contributed by atoms with Crippen molar-refractivity contribution in [1.82, 2.24) is 0 Å². The van der Waals surface area contributed by atoms with Gasteiger partial charge in [0, 0.05) is 5.41 Å². The van der Waals surface area contributed by atoms with Crippen LogP contribution in [0.15, 0.2) is 36.4 Å². The van der Waals surface area contributed by atoms with E-state index >= 15 is 0 Å². The SMILES string of the molecule is CC(C)(C)[C@@]1(O)[C@@H](/C=C/c2ccccc2)OCC1(C)C. The number of aliphatic hydroxyl groups is 1. The van der Waals surface area contributed by atoms with E-state index in [0.717, 1.165) is 5.56 Å². The quantitative estimate of drug-likeness (QED) is 0.886. The first-order valence-electron chi connectivity index (χ1n) is 7.26. The van der Waals surface area contributed by atoms with Gasteiger partial charge in [-0.2, -0.15) is 0 Å². The largest absolute Gasteiger partial charge is 0.386 e. The zero-order valence-electron chi connectivity index (χ0n) is 13.2. The van der Waals surface area contributed by atoms with Gasteiger partial charge in [-0.25, -0.2) is 0 Å². The number of ether oxygens (including phenoxy) is 1.